The van der Waals surface area contributed by atoms with Gasteiger partial charge in [-0.3, -0.25) is 4.90 Å². The third-order valence-corrected chi connectivity index (χ3v) is 2.68. The first-order valence-electron chi connectivity index (χ1n) is 5.76. The van der Waals surface area contributed by atoms with Crippen LogP contribution < -0.4 is 0 Å². The highest BCUT2D eigenvalue weighted by Crippen LogP contribution is 2.10. The lowest BCUT2D eigenvalue weighted by Gasteiger charge is -2.26. The number of pyridine rings is 1. The van der Waals surface area contributed by atoms with E-state index in [-0.39, 0.29) is 0 Å². The molecular weight excluding hydrogens is 214 g/mol. The molecule has 0 saturated carbocycles. The molecular formula is C13H19N3O. The summed E-state index contributed by atoms with van der Waals surface area (Å²) in [5.74, 6) is 0. The molecule has 1 rings (SSSR count). The summed E-state index contributed by atoms with van der Waals surface area (Å²) in [6, 6.07) is 6.36. The Kier molecular flexibility index (Phi) is 5.61. The van der Waals surface area contributed by atoms with Gasteiger partial charge in [0.25, 0.3) is 0 Å². The average molecular weight is 233 g/mol. The highest BCUT2D eigenvalue weighted by molar-refractivity contribution is 5.30. The van der Waals surface area contributed by atoms with Gasteiger partial charge < -0.3 is 4.74 Å². The predicted octanol–water partition coefficient (Wildman–Crippen LogP) is 1.81. The summed E-state index contributed by atoms with van der Waals surface area (Å²) in [5, 5.41) is 8.99. The minimum absolute atomic E-state index is 0.414. The molecule has 17 heavy (non-hydrogen) atoms. The average Bonchev–Trinajstić information content (AvgIpc) is 2.34. The molecule has 0 radical (unpaired) electrons. The topological polar surface area (TPSA) is 49.1 Å². The number of aromatic nitrogens is 1. The molecule has 4 heteroatoms. The second kappa shape index (κ2) is 7.00. The Labute approximate surface area is 103 Å². The van der Waals surface area contributed by atoms with Gasteiger partial charge in [0.1, 0.15) is 11.8 Å². The van der Waals surface area contributed by atoms with Gasteiger partial charge in [0.2, 0.25) is 0 Å². The standard InChI is InChI=1S/C13H19N3O/c1-11(2)16(7-8-17-3)10-12-5-4-6-15-13(12)9-14/h4-6,11H,7-8,10H2,1-3H3. The minimum atomic E-state index is 0.414. The molecule has 0 atom stereocenters. The van der Waals surface area contributed by atoms with Crippen LogP contribution in [0.15, 0.2) is 18.3 Å². The molecule has 0 bridgehead atoms. The van der Waals surface area contributed by atoms with Gasteiger partial charge >= 0.3 is 0 Å². The number of rotatable bonds is 6. The second-order valence-corrected chi connectivity index (χ2v) is 4.18. The Balaban J connectivity index is 2.75. The van der Waals surface area contributed by atoms with Crippen molar-refractivity contribution in [3.05, 3.63) is 29.6 Å². The maximum Gasteiger partial charge on any atom is 0.144 e. The SMILES string of the molecule is COCCN(Cc1cccnc1C#N)C(C)C. The smallest absolute Gasteiger partial charge is 0.144 e. The van der Waals surface area contributed by atoms with Crippen molar-refractivity contribution in [2.75, 3.05) is 20.3 Å². The summed E-state index contributed by atoms with van der Waals surface area (Å²) < 4.78 is 5.09. The zero-order valence-electron chi connectivity index (χ0n) is 10.7. The summed E-state index contributed by atoms with van der Waals surface area (Å²) in [7, 11) is 1.70. The first-order valence-corrected chi connectivity index (χ1v) is 5.76. The number of nitriles is 1. The fraction of sp³-hybridized carbons (Fsp3) is 0.538. The summed E-state index contributed by atoms with van der Waals surface area (Å²) in [4.78, 5) is 6.34. The largest absolute Gasteiger partial charge is 0.383 e. The number of nitrogens with zero attached hydrogens (tertiary/aromatic N) is 3. The van der Waals surface area contributed by atoms with Crippen LogP contribution in [0.1, 0.15) is 25.1 Å². The van der Waals surface area contributed by atoms with Crippen molar-refractivity contribution in [3.8, 4) is 6.07 Å². The van der Waals surface area contributed by atoms with Crippen LogP contribution in [0.3, 0.4) is 0 Å². The summed E-state index contributed by atoms with van der Waals surface area (Å²) in [6.07, 6.45) is 1.65. The van der Waals surface area contributed by atoms with Crippen LogP contribution in [0.5, 0.6) is 0 Å². The Hall–Kier alpha value is -1.44. The molecule has 0 fully saturated rings. The Bertz CT molecular complexity index is 384. The Morgan fingerprint density at radius 2 is 2.29 bits per heavy atom. The van der Waals surface area contributed by atoms with Crippen molar-refractivity contribution in [3.63, 3.8) is 0 Å². The lowest BCUT2D eigenvalue weighted by atomic mass is 10.1. The second-order valence-electron chi connectivity index (χ2n) is 4.18. The molecule has 0 saturated heterocycles. The molecule has 0 spiro atoms. The zero-order valence-corrected chi connectivity index (χ0v) is 10.7. The van der Waals surface area contributed by atoms with E-state index in [0.29, 0.717) is 18.3 Å². The van der Waals surface area contributed by atoms with Gasteiger partial charge in [-0.15, -0.1) is 0 Å². The zero-order chi connectivity index (χ0) is 12.7. The molecule has 0 aromatic carbocycles. The van der Waals surface area contributed by atoms with E-state index >= 15 is 0 Å². The molecule has 1 aromatic heterocycles. The fourth-order valence-corrected chi connectivity index (χ4v) is 1.61. The van der Waals surface area contributed by atoms with Crippen molar-refractivity contribution in [2.45, 2.75) is 26.4 Å². The quantitative estimate of drug-likeness (QED) is 0.752. The number of hydrogen-bond donors (Lipinski definition) is 0. The van der Waals surface area contributed by atoms with E-state index in [4.69, 9.17) is 10.00 Å². The molecule has 0 unspecified atom stereocenters. The van der Waals surface area contributed by atoms with Gasteiger partial charge in [0.15, 0.2) is 0 Å². The first kappa shape index (κ1) is 13.6. The van der Waals surface area contributed by atoms with E-state index in [1.54, 1.807) is 13.3 Å². The van der Waals surface area contributed by atoms with E-state index < -0.39 is 0 Å². The van der Waals surface area contributed by atoms with Gasteiger partial charge in [0, 0.05) is 38.0 Å². The number of hydrogen-bond acceptors (Lipinski definition) is 4. The summed E-state index contributed by atoms with van der Waals surface area (Å²) in [6.45, 7) is 6.56. The highest BCUT2D eigenvalue weighted by Gasteiger charge is 2.12. The van der Waals surface area contributed by atoms with Crippen LogP contribution in [0.2, 0.25) is 0 Å². The maximum absolute atomic E-state index is 8.99. The molecule has 0 amide bonds. The van der Waals surface area contributed by atoms with Crippen molar-refractivity contribution < 1.29 is 4.74 Å². The van der Waals surface area contributed by atoms with Crippen molar-refractivity contribution >= 4 is 0 Å². The Morgan fingerprint density at radius 1 is 1.53 bits per heavy atom. The van der Waals surface area contributed by atoms with Gasteiger partial charge in [-0.1, -0.05) is 6.07 Å². The molecule has 0 aliphatic carbocycles. The first-order chi connectivity index (χ1) is 8.19. The van der Waals surface area contributed by atoms with Gasteiger partial charge in [-0.25, -0.2) is 4.98 Å². The van der Waals surface area contributed by atoms with Gasteiger partial charge in [0.05, 0.1) is 6.61 Å². The highest BCUT2D eigenvalue weighted by atomic mass is 16.5. The van der Waals surface area contributed by atoms with E-state index in [0.717, 1.165) is 18.7 Å². The molecule has 1 aromatic rings. The van der Waals surface area contributed by atoms with E-state index in [2.05, 4.69) is 29.8 Å². The van der Waals surface area contributed by atoms with Crippen LogP contribution in [0, 0.1) is 11.3 Å². The maximum atomic E-state index is 8.99. The van der Waals surface area contributed by atoms with Crippen LogP contribution in [-0.4, -0.2) is 36.2 Å². The van der Waals surface area contributed by atoms with Gasteiger partial charge in [-0.2, -0.15) is 5.26 Å². The molecule has 0 N–H and O–H groups in total. The summed E-state index contributed by atoms with van der Waals surface area (Å²) in [5.41, 5.74) is 1.48. The monoisotopic (exact) mass is 233 g/mol. The van der Waals surface area contributed by atoms with Crippen LogP contribution in [-0.2, 0) is 11.3 Å². The van der Waals surface area contributed by atoms with Crippen molar-refractivity contribution in [1.82, 2.24) is 9.88 Å². The number of ether oxygens (including phenoxy) is 1. The van der Waals surface area contributed by atoms with Crippen molar-refractivity contribution in [2.24, 2.45) is 0 Å². The lowest BCUT2D eigenvalue weighted by molar-refractivity contribution is 0.125. The van der Waals surface area contributed by atoms with E-state index in [1.165, 1.54) is 0 Å². The Morgan fingerprint density at radius 3 is 2.88 bits per heavy atom. The third-order valence-electron chi connectivity index (χ3n) is 2.68. The predicted molar refractivity (Wildman–Crippen MR) is 66.4 cm³/mol. The number of methoxy groups -OCH3 is 1. The van der Waals surface area contributed by atoms with Crippen LogP contribution in [0.25, 0.3) is 0 Å². The molecule has 0 aliphatic rings. The fourth-order valence-electron chi connectivity index (χ4n) is 1.61. The van der Waals surface area contributed by atoms with Gasteiger partial charge in [-0.05, 0) is 19.9 Å². The van der Waals surface area contributed by atoms with Crippen molar-refractivity contribution in [1.29, 1.82) is 5.26 Å². The summed E-state index contributed by atoms with van der Waals surface area (Å²) >= 11 is 0. The normalized spacial score (nSPS) is 10.8. The van der Waals surface area contributed by atoms with Crippen LogP contribution in [0.4, 0.5) is 0 Å². The minimum Gasteiger partial charge on any atom is -0.383 e. The molecule has 0 aliphatic heterocycles. The van der Waals surface area contributed by atoms with E-state index in [9.17, 15) is 0 Å². The molecule has 4 nitrogen and oxygen atoms in total. The lowest BCUT2D eigenvalue weighted by Crippen LogP contribution is -2.33. The molecule has 1 heterocycles. The molecule has 92 valence electrons. The van der Waals surface area contributed by atoms with Crippen LogP contribution >= 0.6 is 0 Å². The third kappa shape index (κ3) is 4.14. The van der Waals surface area contributed by atoms with E-state index in [1.807, 2.05) is 12.1 Å².